The molecule has 0 N–H and O–H groups in total. The van der Waals surface area contributed by atoms with Crippen LogP contribution in [0.5, 0.6) is 0 Å². The maximum Gasteiger partial charge on any atom is 0.160 e. The van der Waals surface area contributed by atoms with Gasteiger partial charge in [-0.2, -0.15) is 0 Å². The van der Waals surface area contributed by atoms with E-state index < -0.39 is 0 Å². The minimum absolute atomic E-state index is 0.698. The van der Waals surface area contributed by atoms with Gasteiger partial charge in [-0.25, -0.2) is 9.97 Å². The van der Waals surface area contributed by atoms with Gasteiger partial charge in [0.1, 0.15) is 0 Å². The lowest BCUT2D eigenvalue weighted by molar-refractivity contribution is 1.18. The third-order valence-electron chi connectivity index (χ3n) is 13.4. The zero-order valence-electron chi connectivity index (χ0n) is 36.5. The van der Waals surface area contributed by atoms with E-state index in [1.807, 2.05) is 18.2 Å². The minimum atomic E-state index is 0.698. The Labute approximate surface area is 388 Å². The molecule has 0 saturated carbocycles. The van der Waals surface area contributed by atoms with E-state index in [2.05, 4.69) is 235 Å². The lowest BCUT2D eigenvalue weighted by Crippen LogP contribution is -1.96. The number of hydrogen-bond acceptors (Lipinski definition) is 2. The number of rotatable bonds is 7. The highest BCUT2D eigenvalue weighted by Gasteiger charge is 2.20. The number of para-hydroxylation sites is 2. The number of hydrogen-bond donors (Lipinski definition) is 0. The monoisotopic (exact) mass is 851 g/mol. The van der Waals surface area contributed by atoms with E-state index in [4.69, 9.17) is 9.97 Å². The van der Waals surface area contributed by atoms with Crippen LogP contribution in [0.2, 0.25) is 0 Å². The van der Waals surface area contributed by atoms with Gasteiger partial charge in [0.25, 0.3) is 0 Å². The Morgan fingerprint density at radius 1 is 0.269 bits per heavy atom. The van der Waals surface area contributed by atoms with Crippen molar-refractivity contribution in [2.45, 2.75) is 0 Å². The van der Waals surface area contributed by atoms with Crippen molar-refractivity contribution in [2.75, 3.05) is 0 Å². The third-order valence-corrected chi connectivity index (χ3v) is 13.4. The Bertz CT molecular complexity index is 3990. The van der Waals surface area contributed by atoms with Gasteiger partial charge in [0, 0.05) is 33.2 Å². The van der Waals surface area contributed by atoms with Gasteiger partial charge in [-0.05, 0) is 102 Å². The van der Waals surface area contributed by atoms with Crippen molar-refractivity contribution in [1.29, 1.82) is 0 Å². The number of nitrogens with zero attached hydrogens (tertiary/aromatic N) is 3. The summed E-state index contributed by atoms with van der Waals surface area (Å²) in [6, 6.07) is 89.4. The van der Waals surface area contributed by atoms with Crippen LogP contribution in [-0.4, -0.2) is 14.5 Å². The molecule has 3 nitrogen and oxygen atoms in total. The molecule has 0 aliphatic carbocycles. The van der Waals surface area contributed by atoms with Crippen LogP contribution in [0.4, 0.5) is 0 Å². The van der Waals surface area contributed by atoms with Crippen molar-refractivity contribution in [3.05, 3.63) is 249 Å². The number of fused-ring (bicyclic) bond motifs is 7. The van der Waals surface area contributed by atoms with E-state index in [1.165, 1.54) is 70.9 Å². The summed E-state index contributed by atoms with van der Waals surface area (Å²) in [5.74, 6) is 0.698. The molecule has 0 aliphatic rings. The average molecular weight is 852 g/mol. The van der Waals surface area contributed by atoms with Crippen molar-refractivity contribution < 1.29 is 0 Å². The van der Waals surface area contributed by atoms with Crippen LogP contribution in [0.3, 0.4) is 0 Å². The smallest absolute Gasteiger partial charge is 0.160 e. The van der Waals surface area contributed by atoms with Gasteiger partial charge in [-0.15, -0.1) is 0 Å². The van der Waals surface area contributed by atoms with Crippen molar-refractivity contribution in [2.24, 2.45) is 0 Å². The quantitative estimate of drug-likeness (QED) is 0.118. The van der Waals surface area contributed by atoms with Crippen LogP contribution in [0.1, 0.15) is 0 Å². The molecule has 0 fully saturated rings. The van der Waals surface area contributed by atoms with Crippen LogP contribution in [0.15, 0.2) is 249 Å². The Morgan fingerprint density at radius 2 is 0.761 bits per heavy atom. The minimum Gasteiger partial charge on any atom is -0.309 e. The zero-order valence-corrected chi connectivity index (χ0v) is 36.5. The van der Waals surface area contributed by atoms with E-state index in [0.29, 0.717) is 5.82 Å². The molecule has 0 spiro atoms. The van der Waals surface area contributed by atoms with Crippen molar-refractivity contribution in [3.8, 4) is 73.0 Å². The van der Waals surface area contributed by atoms with Crippen molar-refractivity contribution in [1.82, 2.24) is 14.5 Å². The number of aromatic nitrogens is 3. The summed E-state index contributed by atoms with van der Waals surface area (Å²) in [5.41, 5.74) is 15.6. The molecular formula is C64H41N3. The Kier molecular flexibility index (Phi) is 9.17. The summed E-state index contributed by atoms with van der Waals surface area (Å²) in [6.07, 6.45) is 0. The predicted octanol–water partition coefficient (Wildman–Crippen LogP) is 17.0. The molecule has 2 aromatic heterocycles. The second-order valence-corrected chi connectivity index (χ2v) is 17.3. The van der Waals surface area contributed by atoms with Crippen LogP contribution in [-0.2, 0) is 0 Å². The summed E-state index contributed by atoms with van der Waals surface area (Å²) < 4.78 is 2.35. The molecule has 0 atom stereocenters. The first-order valence-electron chi connectivity index (χ1n) is 22.9. The molecule has 2 heterocycles. The first-order valence-corrected chi connectivity index (χ1v) is 22.9. The molecule has 67 heavy (non-hydrogen) atoms. The first-order chi connectivity index (χ1) is 33.2. The maximum atomic E-state index is 5.21. The summed E-state index contributed by atoms with van der Waals surface area (Å²) in [5, 5.41) is 9.95. The maximum absolute atomic E-state index is 5.21. The van der Waals surface area contributed by atoms with E-state index in [9.17, 15) is 0 Å². The van der Waals surface area contributed by atoms with E-state index >= 15 is 0 Å². The fraction of sp³-hybridized carbons (Fsp3) is 0. The van der Waals surface area contributed by atoms with Gasteiger partial charge < -0.3 is 4.57 Å². The molecule has 0 saturated heterocycles. The van der Waals surface area contributed by atoms with Crippen LogP contribution in [0, 0.1) is 0 Å². The van der Waals surface area contributed by atoms with Crippen molar-refractivity contribution >= 4 is 54.1 Å². The fourth-order valence-electron chi connectivity index (χ4n) is 10.3. The molecule has 0 amide bonds. The average Bonchev–Trinajstić information content (AvgIpc) is 3.74. The molecule has 312 valence electrons. The first kappa shape index (κ1) is 38.5. The summed E-state index contributed by atoms with van der Waals surface area (Å²) in [4.78, 5) is 10.4. The highest BCUT2D eigenvalue weighted by Crippen LogP contribution is 2.46. The van der Waals surface area contributed by atoms with Gasteiger partial charge in [0.2, 0.25) is 0 Å². The largest absolute Gasteiger partial charge is 0.309 e. The van der Waals surface area contributed by atoms with E-state index in [1.54, 1.807) is 0 Å². The van der Waals surface area contributed by atoms with E-state index in [-0.39, 0.29) is 0 Å². The second-order valence-electron chi connectivity index (χ2n) is 17.3. The van der Waals surface area contributed by atoms with Gasteiger partial charge in [0.15, 0.2) is 5.82 Å². The topological polar surface area (TPSA) is 30.7 Å². The standard InChI is InChI=1S/C64H41N3/c1-4-17-46(18-5-1)61-53-25-12-13-26-54(53)62(63-51-23-11-10-16-44(51)36-38-55(61)63)47-34-30-43(31-35-47)42-28-32-45(33-29-42)57-41-58(66-64(65-57)48-19-6-2-7-20-48)49-37-39-60-56(40-49)52-24-14-15-27-59(52)67(60)50-21-8-3-9-22-50/h1-41H. The molecular weight excluding hydrogens is 811 g/mol. The third kappa shape index (κ3) is 6.59. The molecule has 0 bridgehead atoms. The lowest BCUT2D eigenvalue weighted by atomic mass is 9.84. The Morgan fingerprint density at radius 3 is 1.46 bits per heavy atom. The van der Waals surface area contributed by atoms with Gasteiger partial charge in [-0.1, -0.05) is 212 Å². The zero-order chi connectivity index (χ0) is 44.3. The summed E-state index contributed by atoms with van der Waals surface area (Å²) in [7, 11) is 0. The Hall–Kier alpha value is -8.92. The van der Waals surface area contributed by atoms with Crippen LogP contribution >= 0.6 is 0 Å². The van der Waals surface area contributed by atoms with E-state index in [0.717, 1.165) is 50.4 Å². The van der Waals surface area contributed by atoms with Gasteiger partial charge in [-0.3, -0.25) is 0 Å². The molecule has 0 unspecified atom stereocenters. The van der Waals surface area contributed by atoms with Gasteiger partial charge >= 0.3 is 0 Å². The molecule has 13 aromatic rings. The highest BCUT2D eigenvalue weighted by atomic mass is 15.0. The van der Waals surface area contributed by atoms with Gasteiger partial charge in [0.05, 0.1) is 22.4 Å². The molecule has 0 radical (unpaired) electrons. The van der Waals surface area contributed by atoms with Crippen molar-refractivity contribution in [3.63, 3.8) is 0 Å². The lowest BCUT2D eigenvalue weighted by Gasteiger charge is -2.19. The molecule has 3 heteroatoms. The molecule has 11 aromatic carbocycles. The number of benzene rings is 11. The Balaban J connectivity index is 0.895. The fourth-order valence-corrected chi connectivity index (χ4v) is 10.3. The second kappa shape index (κ2) is 16.0. The predicted molar refractivity (Wildman–Crippen MR) is 282 cm³/mol. The molecule has 0 aliphatic heterocycles. The van der Waals surface area contributed by atoms with Crippen LogP contribution < -0.4 is 0 Å². The van der Waals surface area contributed by atoms with Crippen LogP contribution in [0.25, 0.3) is 127 Å². The summed E-state index contributed by atoms with van der Waals surface area (Å²) in [6.45, 7) is 0. The SMILES string of the molecule is c1ccc(-c2nc(-c3ccc(-c4ccc(-c5c6ccccc6c(-c6ccccc6)c6ccc7ccccc7c56)cc4)cc3)cc(-c3ccc4c(c3)c3ccccc3n4-c3ccccc3)n2)cc1. The normalized spacial score (nSPS) is 11.6. The molecule has 13 rings (SSSR count). The summed E-state index contributed by atoms with van der Waals surface area (Å²) >= 11 is 0. The highest BCUT2D eigenvalue weighted by molar-refractivity contribution is 6.28.